The molecule has 0 radical (unpaired) electrons. The van der Waals surface area contributed by atoms with Gasteiger partial charge < -0.3 is 9.47 Å². The molecular weight excluding hydrogens is 268 g/mol. The van der Waals surface area contributed by atoms with Gasteiger partial charge in [-0.3, -0.25) is 9.59 Å². The summed E-state index contributed by atoms with van der Waals surface area (Å²) in [6, 6.07) is 7.88. The highest BCUT2D eigenvalue weighted by atomic mass is 16.7. The van der Waals surface area contributed by atoms with Crippen LogP contribution in [0, 0.1) is 6.92 Å². The number of ether oxygens (including phenoxy) is 2. The molecule has 0 heterocycles. The lowest BCUT2D eigenvalue weighted by molar-refractivity contribution is -0.178. The first kappa shape index (κ1) is 17.0. The first-order valence-corrected chi connectivity index (χ1v) is 7.04. The van der Waals surface area contributed by atoms with E-state index in [2.05, 4.69) is 0 Å². The van der Waals surface area contributed by atoms with Crippen LogP contribution in [0.5, 0.6) is 0 Å². The summed E-state index contributed by atoms with van der Waals surface area (Å²) in [6.07, 6.45) is 2.51. The molecule has 21 heavy (non-hydrogen) atoms. The van der Waals surface area contributed by atoms with E-state index in [1.54, 1.807) is 0 Å². The van der Waals surface area contributed by atoms with Crippen LogP contribution in [0.4, 0.5) is 0 Å². The van der Waals surface area contributed by atoms with Crippen molar-refractivity contribution in [3.05, 3.63) is 41.0 Å². The van der Waals surface area contributed by atoms with Gasteiger partial charge in [0.25, 0.3) is 6.29 Å². The lowest BCUT2D eigenvalue weighted by Gasteiger charge is -2.20. The number of hydrogen-bond acceptors (Lipinski definition) is 4. The molecule has 0 saturated carbocycles. The lowest BCUT2D eigenvalue weighted by atomic mass is 10.0. The first-order chi connectivity index (χ1) is 9.93. The second-order valence-electron chi connectivity index (χ2n) is 4.88. The fourth-order valence-corrected chi connectivity index (χ4v) is 1.97. The van der Waals surface area contributed by atoms with Crippen LogP contribution in [0.1, 0.15) is 44.7 Å². The molecule has 4 heteroatoms. The molecule has 0 spiro atoms. The van der Waals surface area contributed by atoms with E-state index in [4.69, 9.17) is 9.47 Å². The molecule has 0 aromatic heterocycles. The Morgan fingerprint density at radius 2 is 1.71 bits per heavy atom. The normalized spacial score (nSPS) is 11.4. The maximum absolute atomic E-state index is 11.2. The zero-order valence-corrected chi connectivity index (χ0v) is 13.0. The van der Waals surface area contributed by atoms with Crippen LogP contribution in [-0.4, -0.2) is 18.2 Å². The number of hydrogen-bond donors (Lipinski definition) is 0. The Labute approximate surface area is 125 Å². The van der Waals surface area contributed by atoms with Crippen LogP contribution in [0.25, 0.3) is 6.08 Å². The summed E-state index contributed by atoms with van der Waals surface area (Å²) in [5, 5.41) is 0. The summed E-state index contributed by atoms with van der Waals surface area (Å²) in [6.45, 7) is 6.62. The molecule has 0 aliphatic rings. The highest BCUT2D eigenvalue weighted by Crippen LogP contribution is 2.21. The maximum atomic E-state index is 11.2. The van der Waals surface area contributed by atoms with Crippen molar-refractivity contribution in [2.24, 2.45) is 0 Å². The minimum absolute atomic E-state index is 0.479. The highest BCUT2D eigenvalue weighted by Gasteiger charge is 2.20. The summed E-state index contributed by atoms with van der Waals surface area (Å²) < 4.78 is 10.3. The minimum atomic E-state index is -0.959. The van der Waals surface area contributed by atoms with Crippen molar-refractivity contribution in [3.8, 4) is 0 Å². The lowest BCUT2D eigenvalue weighted by Crippen LogP contribution is -2.24. The summed E-state index contributed by atoms with van der Waals surface area (Å²) >= 11 is 0. The average molecular weight is 290 g/mol. The van der Waals surface area contributed by atoms with Gasteiger partial charge in [0.05, 0.1) is 0 Å². The van der Waals surface area contributed by atoms with E-state index in [0.717, 1.165) is 23.1 Å². The van der Waals surface area contributed by atoms with Gasteiger partial charge >= 0.3 is 11.9 Å². The first-order valence-electron chi connectivity index (χ1n) is 7.04. The molecule has 0 unspecified atom stereocenters. The molecule has 0 atom stereocenters. The molecule has 1 rings (SSSR count). The highest BCUT2D eigenvalue weighted by molar-refractivity contribution is 5.69. The fraction of sp³-hybridized carbons (Fsp3) is 0.412. The second-order valence-corrected chi connectivity index (χ2v) is 4.88. The fourth-order valence-electron chi connectivity index (χ4n) is 1.97. The molecule has 0 aliphatic heterocycles. The third-order valence-corrected chi connectivity index (χ3v) is 2.92. The number of benzene rings is 1. The summed E-state index contributed by atoms with van der Waals surface area (Å²) in [5.74, 6) is -0.957. The zero-order valence-electron chi connectivity index (χ0n) is 13.0. The molecular formula is C17H22O4. The predicted octanol–water partition coefficient (Wildman–Crippen LogP) is 3.63. The Morgan fingerprint density at radius 1 is 1.14 bits per heavy atom. The third kappa shape index (κ3) is 5.81. The van der Waals surface area contributed by atoms with Gasteiger partial charge in [-0.25, -0.2) is 0 Å². The van der Waals surface area contributed by atoms with Crippen LogP contribution < -0.4 is 0 Å². The molecule has 0 N–H and O–H groups in total. The van der Waals surface area contributed by atoms with Crippen molar-refractivity contribution >= 4 is 18.0 Å². The van der Waals surface area contributed by atoms with E-state index >= 15 is 0 Å². The number of carbonyl (C=O) groups excluding carboxylic acids is 2. The van der Waals surface area contributed by atoms with Gasteiger partial charge in [0, 0.05) is 19.4 Å². The van der Waals surface area contributed by atoms with Gasteiger partial charge in [0.15, 0.2) is 0 Å². The van der Waals surface area contributed by atoms with Gasteiger partial charge in [-0.15, -0.1) is 0 Å². The van der Waals surface area contributed by atoms with Crippen molar-refractivity contribution in [1.82, 2.24) is 0 Å². The topological polar surface area (TPSA) is 52.6 Å². The Hall–Kier alpha value is -2.10. The van der Waals surface area contributed by atoms with Crippen molar-refractivity contribution < 1.29 is 19.1 Å². The van der Waals surface area contributed by atoms with Gasteiger partial charge in [0.1, 0.15) is 0 Å². The number of esters is 2. The monoisotopic (exact) mass is 290 g/mol. The SMILES string of the molecule is CCC/C(=C\c1ccccc1C)C(OC(C)=O)OC(C)=O. The molecule has 4 nitrogen and oxygen atoms in total. The molecule has 114 valence electrons. The molecule has 0 saturated heterocycles. The smallest absolute Gasteiger partial charge is 0.305 e. The molecule has 1 aromatic rings. The van der Waals surface area contributed by atoms with Gasteiger partial charge in [-0.05, 0) is 30.5 Å². The van der Waals surface area contributed by atoms with E-state index in [0.29, 0.717) is 6.42 Å². The van der Waals surface area contributed by atoms with Gasteiger partial charge in [-0.2, -0.15) is 0 Å². The van der Waals surface area contributed by atoms with E-state index in [1.807, 2.05) is 44.2 Å². The van der Waals surface area contributed by atoms with Crippen LogP contribution in [0.3, 0.4) is 0 Å². The number of carbonyl (C=O) groups is 2. The van der Waals surface area contributed by atoms with E-state index in [9.17, 15) is 9.59 Å². The second kappa shape index (κ2) is 8.25. The average Bonchev–Trinajstić information content (AvgIpc) is 2.39. The zero-order chi connectivity index (χ0) is 15.8. The summed E-state index contributed by atoms with van der Waals surface area (Å²) in [5.41, 5.74) is 2.90. The van der Waals surface area contributed by atoms with Crippen molar-refractivity contribution in [1.29, 1.82) is 0 Å². The van der Waals surface area contributed by atoms with Crippen LogP contribution in [0.15, 0.2) is 29.8 Å². The van der Waals surface area contributed by atoms with E-state index in [1.165, 1.54) is 13.8 Å². The minimum Gasteiger partial charge on any atom is -0.421 e. The standard InChI is InChI=1S/C17H22O4/c1-5-8-16(11-15-10-7-6-9-12(15)2)17(20-13(3)18)21-14(4)19/h6-7,9-11,17H,5,8H2,1-4H3/b16-11+. The molecule has 0 aliphatic carbocycles. The Balaban J connectivity index is 3.13. The Kier molecular flexibility index (Phi) is 6.66. The summed E-state index contributed by atoms with van der Waals surface area (Å²) in [4.78, 5) is 22.4. The van der Waals surface area contributed by atoms with Crippen molar-refractivity contribution in [2.75, 3.05) is 0 Å². The van der Waals surface area contributed by atoms with Crippen LogP contribution in [0.2, 0.25) is 0 Å². The van der Waals surface area contributed by atoms with Gasteiger partial charge in [-0.1, -0.05) is 37.6 Å². The maximum Gasteiger partial charge on any atom is 0.305 e. The van der Waals surface area contributed by atoms with Crippen molar-refractivity contribution in [3.63, 3.8) is 0 Å². The Morgan fingerprint density at radius 3 is 2.19 bits per heavy atom. The van der Waals surface area contributed by atoms with Crippen LogP contribution >= 0.6 is 0 Å². The third-order valence-electron chi connectivity index (χ3n) is 2.92. The Bertz CT molecular complexity index is 515. The molecule has 0 amide bonds. The van der Waals surface area contributed by atoms with E-state index in [-0.39, 0.29) is 0 Å². The number of rotatable bonds is 6. The summed E-state index contributed by atoms with van der Waals surface area (Å²) in [7, 11) is 0. The molecule has 0 fully saturated rings. The largest absolute Gasteiger partial charge is 0.421 e. The van der Waals surface area contributed by atoms with Crippen molar-refractivity contribution in [2.45, 2.75) is 46.8 Å². The molecule has 1 aromatic carbocycles. The van der Waals surface area contributed by atoms with Gasteiger partial charge in [0.2, 0.25) is 0 Å². The van der Waals surface area contributed by atoms with E-state index < -0.39 is 18.2 Å². The quantitative estimate of drug-likeness (QED) is 0.593. The predicted molar refractivity (Wildman–Crippen MR) is 81.4 cm³/mol. The van der Waals surface area contributed by atoms with Crippen LogP contribution in [-0.2, 0) is 19.1 Å². The number of aryl methyl sites for hydroxylation is 1. The molecule has 0 bridgehead atoms.